The van der Waals surface area contributed by atoms with Crippen molar-refractivity contribution in [2.45, 2.75) is 6.92 Å². The Hall–Kier alpha value is -1.60. The van der Waals surface area contributed by atoms with E-state index in [1.165, 1.54) is 7.11 Å². The van der Waals surface area contributed by atoms with Gasteiger partial charge in [-0.15, -0.1) is 5.10 Å². The third-order valence-electron chi connectivity index (χ3n) is 2.49. The Morgan fingerprint density at radius 1 is 1.45 bits per heavy atom. The van der Waals surface area contributed by atoms with E-state index >= 15 is 0 Å². The van der Waals surface area contributed by atoms with Gasteiger partial charge in [0, 0.05) is 5.56 Å². The molecule has 0 unspecified atom stereocenters. The van der Waals surface area contributed by atoms with Gasteiger partial charge in [-0.2, -0.15) is 10.3 Å². The van der Waals surface area contributed by atoms with Gasteiger partial charge in [-0.1, -0.05) is 11.6 Å². The summed E-state index contributed by atoms with van der Waals surface area (Å²) in [5, 5.41) is 10.6. The number of aromatic amines is 1. The van der Waals surface area contributed by atoms with Crippen molar-refractivity contribution < 1.29 is 14.3 Å². The third kappa shape index (κ3) is 2.78. The van der Waals surface area contributed by atoms with Crippen molar-refractivity contribution in [3.05, 3.63) is 27.3 Å². The summed E-state index contributed by atoms with van der Waals surface area (Å²) in [6, 6.07) is 3.39. The fourth-order valence-electron chi connectivity index (χ4n) is 1.67. The van der Waals surface area contributed by atoms with Crippen molar-refractivity contribution in [2.75, 3.05) is 13.7 Å². The predicted octanol–water partition coefficient (Wildman–Crippen LogP) is 3.07. The molecular formula is C12H11BrClN3O3. The molecule has 0 radical (unpaired) electrons. The van der Waals surface area contributed by atoms with E-state index in [-0.39, 0.29) is 12.3 Å². The van der Waals surface area contributed by atoms with Gasteiger partial charge >= 0.3 is 5.97 Å². The zero-order valence-electron chi connectivity index (χ0n) is 10.7. The fraction of sp³-hybridized carbons (Fsp3) is 0.250. The predicted molar refractivity (Wildman–Crippen MR) is 77.0 cm³/mol. The molecule has 0 aliphatic rings. The Labute approximate surface area is 128 Å². The number of esters is 1. The first-order valence-electron chi connectivity index (χ1n) is 5.69. The maximum atomic E-state index is 11.8. The molecule has 2 aromatic rings. The highest BCUT2D eigenvalue weighted by Gasteiger charge is 2.20. The number of nitrogens with zero attached hydrogens (tertiary/aromatic N) is 2. The number of benzene rings is 1. The van der Waals surface area contributed by atoms with Gasteiger partial charge in [0.25, 0.3) is 0 Å². The number of ether oxygens (including phenoxy) is 2. The van der Waals surface area contributed by atoms with Crippen LogP contribution in [0.1, 0.15) is 17.4 Å². The van der Waals surface area contributed by atoms with Gasteiger partial charge in [0.15, 0.2) is 11.4 Å². The number of H-pyrrole nitrogens is 1. The van der Waals surface area contributed by atoms with E-state index in [0.29, 0.717) is 26.5 Å². The molecule has 106 valence electrons. The maximum Gasteiger partial charge on any atom is 0.361 e. The summed E-state index contributed by atoms with van der Waals surface area (Å²) in [5.41, 5.74) is 1.10. The molecule has 0 saturated carbocycles. The van der Waals surface area contributed by atoms with E-state index in [4.69, 9.17) is 21.1 Å². The van der Waals surface area contributed by atoms with Crippen LogP contribution in [0.15, 0.2) is 16.6 Å². The summed E-state index contributed by atoms with van der Waals surface area (Å²) in [6.45, 7) is 1.98. The monoisotopic (exact) mass is 359 g/mol. The van der Waals surface area contributed by atoms with Crippen LogP contribution in [0.25, 0.3) is 11.3 Å². The van der Waals surface area contributed by atoms with Gasteiger partial charge < -0.3 is 9.47 Å². The van der Waals surface area contributed by atoms with E-state index < -0.39 is 5.97 Å². The Morgan fingerprint density at radius 2 is 2.20 bits per heavy atom. The second kappa shape index (κ2) is 6.23. The number of hydrogen-bond donors (Lipinski definition) is 1. The van der Waals surface area contributed by atoms with Crippen LogP contribution in [0.5, 0.6) is 5.75 Å². The minimum absolute atomic E-state index is 0.111. The van der Waals surface area contributed by atoms with Gasteiger partial charge in [0.05, 0.1) is 23.2 Å². The average molecular weight is 361 g/mol. The molecule has 0 bridgehead atoms. The molecule has 1 N–H and O–H groups in total. The van der Waals surface area contributed by atoms with E-state index in [1.54, 1.807) is 19.1 Å². The first-order valence-corrected chi connectivity index (χ1v) is 6.86. The average Bonchev–Trinajstić information content (AvgIpc) is 2.87. The number of halogens is 2. The van der Waals surface area contributed by atoms with Crippen LogP contribution in [-0.4, -0.2) is 35.1 Å². The molecule has 1 heterocycles. The minimum Gasteiger partial charge on any atom is -0.494 e. The molecule has 20 heavy (non-hydrogen) atoms. The van der Waals surface area contributed by atoms with Gasteiger partial charge in [0.1, 0.15) is 5.69 Å². The SMILES string of the molecule is CCOC(=O)c1n[nH]nc1-c1cc(Cl)c(OC)c(Br)c1. The molecule has 0 aliphatic heterocycles. The van der Waals surface area contributed by atoms with Crippen molar-refractivity contribution in [3.8, 4) is 17.0 Å². The Morgan fingerprint density at radius 3 is 2.80 bits per heavy atom. The number of carbonyl (C=O) groups excluding carboxylic acids is 1. The van der Waals surface area contributed by atoms with Gasteiger partial charge in [-0.3, -0.25) is 0 Å². The molecule has 0 amide bonds. The van der Waals surface area contributed by atoms with E-state index in [9.17, 15) is 4.79 Å². The molecule has 0 fully saturated rings. The van der Waals surface area contributed by atoms with Gasteiger partial charge in [0.2, 0.25) is 0 Å². The van der Waals surface area contributed by atoms with E-state index in [0.717, 1.165) is 0 Å². The number of methoxy groups -OCH3 is 1. The zero-order chi connectivity index (χ0) is 14.7. The molecule has 1 aromatic heterocycles. The van der Waals surface area contributed by atoms with Gasteiger partial charge in [-0.25, -0.2) is 4.79 Å². The van der Waals surface area contributed by atoms with Crippen molar-refractivity contribution in [1.82, 2.24) is 15.4 Å². The highest BCUT2D eigenvalue weighted by Crippen LogP contribution is 2.37. The van der Waals surface area contributed by atoms with Crippen molar-refractivity contribution in [2.24, 2.45) is 0 Å². The Kier molecular flexibility index (Phi) is 4.61. The molecule has 0 aliphatic carbocycles. The molecule has 0 atom stereocenters. The topological polar surface area (TPSA) is 77.1 Å². The summed E-state index contributed by atoms with van der Waals surface area (Å²) in [6.07, 6.45) is 0. The van der Waals surface area contributed by atoms with Gasteiger partial charge in [-0.05, 0) is 35.0 Å². The number of hydrogen-bond acceptors (Lipinski definition) is 5. The summed E-state index contributed by atoms with van der Waals surface area (Å²) >= 11 is 9.47. The summed E-state index contributed by atoms with van der Waals surface area (Å²) in [5.74, 6) is -0.0316. The fourth-order valence-corrected chi connectivity index (χ4v) is 2.70. The maximum absolute atomic E-state index is 11.8. The van der Waals surface area contributed by atoms with Crippen LogP contribution in [0.4, 0.5) is 0 Å². The minimum atomic E-state index is -0.542. The third-order valence-corrected chi connectivity index (χ3v) is 3.36. The van der Waals surface area contributed by atoms with Crippen LogP contribution < -0.4 is 4.74 Å². The molecule has 2 rings (SSSR count). The highest BCUT2D eigenvalue weighted by molar-refractivity contribution is 9.10. The van der Waals surface area contributed by atoms with Crippen molar-refractivity contribution in [1.29, 1.82) is 0 Å². The van der Waals surface area contributed by atoms with E-state index in [1.807, 2.05) is 0 Å². The molecule has 6 nitrogen and oxygen atoms in total. The second-order valence-electron chi connectivity index (χ2n) is 3.71. The lowest BCUT2D eigenvalue weighted by atomic mass is 10.1. The van der Waals surface area contributed by atoms with Crippen LogP contribution in [0.2, 0.25) is 5.02 Å². The number of carbonyl (C=O) groups is 1. The van der Waals surface area contributed by atoms with Crippen LogP contribution in [-0.2, 0) is 4.74 Å². The standard InChI is InChI=1S/C12H11BrClN3O3/c1-3-20-12(18)10-9(15-17-16-10)6-4-7(13)11(19-2)8(14)5-6/h4-5H,3H2,1-2H3,(H,15,16,17). The molecule has 0 spiro atoms. The number of nitrogens with one attached hydrogen (secondary N) is 1. The largest absolute Gasteiger partial charge is 0.494 e. The summed E-state index contributed by atoms with van der Waals surface area (Å²) < 4.78 is 10.7. The Bertz CT molecular complexity index is 622. The molecule has 0 saturated heterocycles. The van der Waals surface area contributed by atoms with Crippen LogP contribution in [0, 0.1) is 0 Å². The van der Waals surface area contributed by atoms with Crippen molar-refractivity contribution >= 4 is 33.5 Å². The molecule has 8 heteroatoms. The quantitative estimate of drug-likeness (QED) is 0.848. The van der Waals surface area contributed by atoms with E-state index in [2.05, 4.69) is 31.3 Å². The normalized spacial score (nSPS) is 10.4. The number of aromatic nitrogens is 3. The second-order valence-corrected chi connectivity index (χ2v) is 4.98. The first kappa shape index (κ1) is 14.8. The zero-order valence-corrected chi connectivity index (χ0v) is 13.1. The van der Waals surface area contributed by atoms with Crippen LogP contribution >= 0.6 is 27.5 Å². The Balaban J connectivity index is 2.48. The lowest BCUT2D eigenvalue weighted by molar-refractivity contribution is 0.0520. The molecule has 1 aromatic carbocycles. The highest BCUT2D eigenvalue weighted by atomic mass is 79.9. The molecular weight excluding hydrogens is 350 g/mol. The smallest absolute Gasteiger partial charge is 0.361 e. The first-order chi connectivity index (χ1) is 9.58. The summed E-state index contributed by atoms with van der Waals surface area (Å²) in [4.78, 5) is 11.8. The van der Waals surface area contributed by atoms with Crippen LogP contribution in [0.3, 0.4) is 0 Å². The van der Waals surface area contributed by atoms with Crippen molar-refractivity contribution in [3.63, 3.8) is 0 Å². The lowest BCUT2D eigenvalue weighted by Crippen LogP contribution is -2.06. The summed E-state index contributed by atoms with van der Waals surface area (Å²) in [7, 11) is 1.52. The lowest BCUT2D eigenvalue weighted by Gasteiger charge is -2.08. The number of rotatable bonds is 4.